The number of hydrogen-bond donors (Lipinski definition) is 2. The number of nitrogens with zero attached hydrogens (tertiary/aromatic N) is 2. The van der Waals surface area contributed by atoms with Gasteiger partial charge in [-0.25, -0.2) is 4.39 Å². The zero-order valence-corrected chi connectivity index (χ0v) is 15.0. The number of piperazine rings is 1. The Morgan fingerprint density at radius 1 is 1.08 bits per heavy atom. The van der Waals surface area contributed by atoms with Gasteiger partial charge in [-0.1, -0.05) is 0 Å². The lowest BCUT2D eigenvalue weighted by Crippen LogP contribution is -2.48. The number of nitrogens with one attached hydrogen (secondary N) is 2. The van der Waals surface area contributed by atoms with E-state index < -0.39 is 0 Å². The minimum absolute atomic E-state index is 0.132. The van der Waals surface area contributed by atoms with Crippen molar-refractivity contribution in [3.05, 3.63) is 35.6 Å². The monoisotopic (exact) mass is 362 g/mol. The maximum absolute atomic E-state index is 12.9. The summed E-state index contributed by atoms with van der Waals surface area (Å²) >= 11 is 0. The van der Waals surface area contributed by atoms with Crippen LogP contribution in [0.5, 0.6) is 0 Å². The fraction of sp³-hybridized carbons (Fsp3) is 0.579. The highest BCUT2D eigenvalue weighted by Crippen LogP contribution is 2.12. The number of piperidine rings is 1. The standard InChI is InChI=1S/C19H27FN4O2/c20-16-3-1-15(2-4-16)19(26)22-17-5-10-23(11-6-17)12-7-18(25)24-13-8-21-9-14-24/h1-4,17,21H,5-14H2,(H,22,26). The summed E-state index contributed by atoms with van der Waals surface area (Å²) in [7, 11) is 0. The number of amides is 2. The Bertz CT molecular complexity index is 608. The molecule has 0 spiro atoms. The van der Waals surface area contributed by atoms with Crippen LogP contribution < -0.4 is 10.6 Å². The van der Waals surface area contributed by atoms with Gasteiger partial charge >= 0.3 is 0 Å². The molecule has 2 aliphatic rings. The van der Waals surface area contributed by atoms with E-state index in [2.05, 4.69) is 15.5 Å². The van der Waals surface area contributed by atoms with E-state index in [4.69, 9.17) is 0 Å². The highest BCUT2D eigenvalue weighted by atomic mass is 19.1. The third kappa shape index (κ3) is 5.25. The molecule has 2 heterocycles. The van der Waals surface area contributed by atoms with E-state index in [-0.39, 0.29) is 23.7 Å². The van der Waals surface area contributed by atoms with E-state index in [9.17, 15) is 14.0 Å². The molecule has 2 amide bonds. The van der Waals surface area contributed by atoms with Crippen molar-refractivity contribution in [2.24, 2.45) is 0 Å². The van der Waals surface area contributed by atoms with Crippen LogP contribution in [0.15, 0.2) is 24.3 Å². The third-order valence-corrected chi connectivity index (χ3v) is 5.14. The van der Waals surface area contributed by atoms with E-state index >= 15 is 0 Å². The Morgan fingerprint density at radius 2 is 1.73 bits per heavy atom. The maximum atomic E-state index is 12.9. The van der Waals surface area contributed by atoms with Gasteiger partial charge in [0.2, 0.25) is 5.91 Å². The number of halogens is 1. The Labute approximate surface area is 153 Å². The second-order valence-corrected chi connectivity index (χ2v) is 6.98. The van der Waals surface area contributed by atoms with E-state index in [1.54, 1.807) is 0 Å². The molecule has 2 saturated heterocycles. The molecule has 26 heavy (non-hydrogen) atoms. The number of benzene rings is 1. The molecular formula is C19H27FN4O2. The summed E-state index contributed by atoms with van der Waals surface area (Å²) in [6, 6.07) is 5.73. The molecule has 0 bridgehead atoms. The summed E-state index contributed by atoms with van der Waals surface area (Å²) in [5.41, 5.74) is 0.482. The largest absolute Gasteiger partial charge is 0.349 e. The van der Waals surface area contributed by atoms with Crippen LogP contribution >= 0.6 is 0 Å². The van der Waals surface area contributed by atoms with E-state index in [1.165, 1.54) is 24.3 Å². The number of carbonyl (C=O) groups is 2. The molecule has 0 radical (unpaired) electrons. The van der Waals surface area contributed by atoms with Gasteiger partial charge in [0.15, 0.2) is 0 Å². The normalized spacial score (nSPS) is 19.3. The lowest BCUT2D eigenvalue weighted by molar-refractivity contribution is -0.132. The third-order valence-electron chi connectivity index (χ3n) is 5.14. The van der Waals surface area contributed by atoms with Crippen LogP contribution in [0, 0.1) is 5.82 Å². The molecule has 1 aromatic rings. The molecule has 0 unspecified atom stereocenters. The fourth-order valence-electron chi connectivity index (χ4n) is 3.50. The molecule has 1 aromatic carbocycles. The molecule has 142 valence electrons. The van der Waals surface area contributed by atoms with Crippen molar-refractivity contribution in [3.8, 4) is 0 Å². The van der Waals surface area contributed by atoms with E-state index in [0.717, 1.165) is 58.7 Å². The lowest BCUT2D eigenvalue weighted by Gasteiger charge is -2.33. The van der Waals surface area contributed by atoms with Gasteiger partial charge in [0.1, 0.15) is 5.82 Å². The average molecular weight is 362 g/mol. The number of hydrogen-bond acceptors (Lipinski definition) is 4. The highest BCUT2D eigenvalue weighted by molar-refractivity contribution is 5.94. The smallest absolute Gasteiger partial charge is 0.251 e. The maximum Gasteiger partial charge on any atom is 0.251 e. The first-order valence-electron chi connectivity index (χ1n) is 9.39. The van der Waals surface area contributed by atoms with Crippen molar-refractivity contribution < 1.29 is 14.0 Å². The van der Waals surface area contributed by atoms with Crippen LogP contribution in [0.1, 0.15) is 29.6 Å². The van der Waals surface area contributed by atoms with Gasteiger partial charge in [-0.2, -0.15) is 0 Å². The summed E-state index contributed by atoms with van der Waals surface area (Å²) in [5.74, 6) is -0.263. The summed E-state index contributed by atoms with van der Waals surface area (Å²) in [4.78, 5) is 28.6. The lowest BCUT2D eigenvalue weighted by atomic mass is 10.0. The molecule has 0 saturated carbocycles. The van der Waals surface area contributed by atoms with Crippen LogP contribution in [0.2, 0.25) is 0 Å². The molecule has 0 aliphatic carbocycles. The van der Waals surface area contributed by atoms with Crippen molar-refractivity contribution in [1.29, 1.82) is 0 Å². The average Bonchev–Trinajstić information content (AvgIpc) is 2.68. The Balaban J connectivity index is 1.36. The molecular weight excluding hydrogens is 335 g/mol. The zero-order valence-electron chi connectivity index (χ0n) is 15.0. The SMILES string of the molecule is O=C(NC1CCN(CCC(=O)N2CCNCC2)CC1)c1ccc(F)cc1. The van der Waals surface area contributed by atoms with Crippen molar-refractivity contribution in [2.75, 3.05) is 45.8 Å². The summed E-state index contributed by atoms with van der Waals surface area (Å²) in [5, 5.41) is 6.27. The van der Waals surface area contributed by atoms with Crippen molar-refractivity contribution >= 4 is 11.8 Å². The first-order chi connectivity index (χ1) is 12.6. The topological polar surface area (TPSA) is 64.7 Å². The summed E-state index contributed by atoms with van der Waals surface area (Å²) in [6.07, 6.45) is 2.30. The first-order valence-corrected chi connectivity index (χ1v) is 9.39. The van der Waals surface area contributed by atoms with Crippen LogP contribution in [0.3, 0.4) is 0 Å². The van der Waals surface area contributed by atoms with Gasteiger partial charge in [-0.3, -0.25) is 9.59 Å². The van der Waals surface area contributed by atoms with Crippen molar-refractivity contribution in [3.63, 3.8) is 0 Å². The Morgan fingerprint density at radius 3 is 2.38 bits per heavy atom. The first kappa shape index (κ1) is 18.8. The minimum Gasteiger partial charge on any atom is -0.349 e. The predicted molar refractivity (Wildman–Crippen MR) is 97.4 cm³/mol. The quantitative estimate of drug-likeness (QED) is 0.815. The molecule has 2 aliphatic heterocycles. The second-order valence-electron chi connectivity index (χ2n) is 6.98. The molecule has 2 fully saturated rings. The molecule has 3 rings (SSSR count). The summed E-state index contributed by atoms with van der Waals surface area (Å²) < 4.78 is 12.9. The molecule has 0 aromatic heterocycles. The molecule has 6 nitrogen and oxygen atoms in total. The van der Waals surface area contributed by atoms with Crippen LogP contribution in [-0.4, -0.2) is 73.5 Å². The number of likely N-dealkylation sites (tertiary alicyclic amines) is 1. The highest BCUT2D eigenvalue weighted by Gasteiger charge is 2.22. The van der Waals surface area contributed by atoms with Crippen molar-refractivity contribution in [2.45, 2.75) is 25.3 Å². The molecule has 2 N–H and O–H groups in total. The Hall–Kier alpha value is -1.99. The van der Waals surface area contributed by atoms with Crippen molar-refractivity contribution in [1.82, 2.24) is 20.4 Å². The molecule has 7 heteroatoms. The fourth-order valence-corrected chi connectivity index (χ4v) is 3.50. The summed E-state index contributed by atoms with van der Waals surface area (Å²) in [6.45, 7) is 5.90. The minimum atomic E-state index is -0.342. The second kappa shape index (κ2) is 9.09. The number of rotatable bonds is 5. The zero-order chi connectivity index (χ0) is 18.4. The van der Waals surface area contributed by atoms with Gasteiger partial charge in [0.05, 0.1) is 0 Å². The number of carbonyl (C=O) groups excluding carboxylic acids is 2. The van der Waals surface area contributed by atoms with Crippen LogP contribution in [0.4, 0.5) is 4.39 Å². The molecule has 0 atom stereocenters. The van der Waals surface area contributed by atoms with Gasteiger partial charge < -0.3 is 20.4 Å². The van der Waals surface area contributed by atoms with Gasteiger partial charge in [-0.15, -0.1) is 0 Å². The Kier molecular flexibility index (Phi) is 6.57. The van der Waals surface area contributed by atoms with Gasteiger partial charge in [0, 0.05) is 63.8 Å². The predicted octanol–water partition coefficient (Wildman–Crippen LogP) is 0.842. The van der Waals surface area contributed by atoms with Gasteiger partial charge in [-0.05, 0) is 37.1 Å². The van der Waals surface area contributed by atoms with E-state index in [0.29, 0.717) is 12.0 Å². The van der Waals surface area contributed by atoms with Crippen LogP contribution in [0.25, 0.3) is 0 Å². The van der Waals surface area contributed by atoms with E-state index in [1.807, 2.05) is 4.90 Å². The van der Waals surface area contributed by atoms with Gasteiger partial charge in [0.25, 0.3) is 5.91 Å². The van der Waals surface area contributed by atoms with Crippen LogP contribution in [-0.2, 0) is 4.79 Å².